The fourth-order valence-electron chi connectivity index (χ4n) is 1.99. The third-order valence-corrected chi connectivity index (χ3v) is 2.83. The van der Waals surface area contributed by atoms with Crippen LogP contribution < -0.4 is 5.73 Å². The van der Waals surface area contributed by atoms with Gasteiger partial charge in [-0.3, -0.25) is 4.98 Å². The third-order valence-electron chi connectivity index (χ3n) is 2.83. The van der Waals surface area contributed by atoms with Crippen LogP contribution in [0.1, 0.15) is 56.1 Å². The topological polar surface area (TPSA) is 38.9 Å². The number of nitrogens with two attached hydrogens (primary N) is 1. The molecule has 0 spiro atoms. The van der Waals surface area contributed by atoms with E-state index in [9.17, 15) is 0 Å². The third kappa shape index (κ3) is 4.31. The average molecular weight is 220 g/mol. The van der Waals surface area contributed by atoms with Gasteiger partial charge in [0.25, 0.3) is 0 Å². The summed E-state index contributed by atoms with van der Waals surface area (Å²) < 4.78 is 0. The van der Waals surface area contributed by atoms with Gasteiger partial charge < -0.3 is 5.73 Å². The molecule has 90 valence electrons. The Kier molecular flexibility index (Phi) is 4.94. The van der Waals surface area contributed by atoms with Crippen LogP contribution in [-0.2, 0) is 0 Å². The van der Waals surface area contributed by atoms with E-state index < -0.39 is 0 Å². The first-order chi connectivity index (χ1) is 7.49. The summed E-state index contributed by atoms with van der Waals surface area (Å²) in [5.41, 5.74) is 9.55. The maximum Gasteiger partial charge on any atom is 0.0379 e. The fraction of sp³-hybridized carbons (Fsp3) is 0.643. The number of aryl methyl sites for hydroxylation is 2. The molecule has 0 aliphatic carbocycles. The van der Waals surface area contributed by atoms with Crippen LogP contribution in [0, 0.1) is 19.8 Å². The molecular formula is C14H24N2. The molecule has 2 nitrogen and oxygen atoms in total. The lowest BCUT2D eigenvalue weighted by atomic mass is 9.98. The van der Waals surface area contributed by atoms with Crippen LogP contribution in [0.2, 0.25) is 0 Å². The SMILES string of the molecule is Cc1cc(C(N)CCCC(C)C)cc(C)n1. The lowest BCUT2D eigenvalue weighted by Gasteiger charge is -2.14. The highest BCUT2D eigenvalue weighted by atomic mass is 14.7. The van der Waals surface area contributed by atoms with E-state index >= 15 is 0 Å². The predicted octanol–water partition coefficient (Wildman–Crippen LogP) is 3.52. The lowest BCUT2D eigenvalue weighted by molar-refractivity contribution is 0.505. The maximum atomic E-state index is 6.19. The van der Waals surface area contributed by atoms with Crippen LogP contribution in [0.3, 0.4) is 0 Å². The van der Waals surface area contributed by atoms with Gasteiger partial charge in [-0.25, -0.2) is 0 Å². The van der Waals surface area contributed by atoms with Crippen molar-refractivity contribution in [3.63, 3.8) is 0 Å². The highest BCUT2D eigenvalue weighted by Gasteiger charge is 2.07. The molecule has 0 aromatic carbocycles. The Morgan fingerprint density at radius 1 is 1.12 bits per heavy atom. The van der Waals surface area contributed by atoms with Crippen molar-refractivity contribution in [2.45, 2.75) is 53.0 Å². The molecule has 1 unspecified atom stereocenters. The van der Waals surface area contributed by atoms with Crippen molar-refractivity contribution in [3.05, 3.63) is 29.1 Å². The maximum absolute atomic E-state index is 6.19. The van der Waals surface area contributed by atoms with Crippen molar-refractivity contribution in [1.82, 2.24) is 4.98 Å². The van der Waals surface area contributed by atoms with Gasteiger partial charge in [0.1, 0.15) is 0 Å². The minimum Gasteiger partial charge on any atom is -0.324 e. The normalized spacial score (nSPS) is 13.1. The van der Waals surface area contributed by atoms with Gasteiger partial charge in [0.15, 0.2) is 0 Å². The molecule has 1 aromatic rings. The van der Waals surface area contributed by atoms with Crippen LogP contribution in [0.5, 0.6) is 0 Å². The molecule has 0 fully saturated rings. The van der Waals surface area contributed by atoms with Gasteiger partial charge >= 0.3 is 0 Å². The first kappa shape index (κ1) is 13.2. The molecule has 2 heteroatoms. The summed E-state index contributed by atoms with van der Waals surface area (Å²) in [5.74, 6) is 0.771. The Balaban J connectivity index is 2.55. The van der Waals surface area contributed by atoms with Gasteiger partial charge in [0.05, 0.1) is 0 Å². The Hall–Kier alpha value is -0.890. The fourth-order valence-corrected chi connectivity index (χ4v) is 1.99. The Labute approximate surface area is 99.3 Å². The summed E-state index contributed by atoms with van der Waals surface area (Å²) in [6, 6.07) is 4.37. The molecule has 0 saturated heterocycles. The van der Waals surface area contributed by atoms with Gasteiger partial charge in [-0.15, -0.1) is 0 Å². The number of hydrogen-bond donors (Lipinski definition) is 1. The molecule has 1 aromatic heterocycles. The Bertz CT molecular complexity index is 311. The molecule has 16 heavy (non-hydrogen) atoms. The largest absolute Gasteiger partial charge is 0.324 e. The van der Waals surface area contributed by atoms with Crippen LogP contribution in [0.25, 0.3) is 0 Å². The Morgan fingerprint density at radius 3 is 2.19 bits per heavy atom. The molecule has 0 bridgehead atoms. The zero-order valence-corrected chi connectivity index (χ0v) is 11.0. The molecule has 0 aliphatic rings. The van der Waals surface area contributed by atoms with E-state index in [-0.39, 0.29) is 6.04 Å². The van der Waals surface area contributed by atoms with Crippen LogP contribution in [0.4, 0.5) is 0 Å². The quantitative estimate of drug-likeness (QED) is 0.824. The van der Waals surface area contributed by atoms with Crippen molar-refractivity contribution >= 4 is 0 Å². The molecule has 2 N–H and O–H groups in total. The molecule has 0 aliphatic heterocycles. The summed E-state index contributed by atoms with van der Waals surface area (Å²) >= 11 is 0. The van der Waals surface area contributed by atoms with E-state index in [0.29, 0.717) is 0 Å². The zero-order chi connectivity index (χ0) is 12.1. The smallest absolute Gasteiger partial charge is 0.0379 e. The van der Waals surface area contributed by atoms with Crippen molar-refractivity contribution in [2.24, 2.45) is 11.7 Å². The first-order valence-corrected chi connectivity index (χ1v) is 6.20. The second-order valence-corrected chi connectivity index (χ2v) is 5.11. The molecule has 0 radical (unpaired) electrons. The Morgan fingerprint density at radius 2 is 1.69 bits per heavy atom. The lowest BCUT2D eigenvalue weighted by Crippen LogP contribution is -2.11. The van der Waals surface area contributed by atoms with Crippen molar-refractivity contribution < 1.29 is 0 Å². The van der Waals surface area contributed by atoms with E-state index in [1.165, 1.54) is 18.4 Å². The number of hydrogen-bond acceptors (Lipinski definition) is 2. The second kappa shape index (κ2) is 6.00. The molecular weight excluding hydrogens is 196 g/mol. The highest BCUT2D eigenvalue weighted by Crippen LogP contribution is 2.19. The van der Waals surface area contributed by atoms with E-state index in [1.807, 2.05) is 13.8 Å². The van der Waals surface area contributed by atoms with E-state index in [4.69, 9.17) is 5.73 Å². The molecule has 1 atom stereocenters. The number of rotatable bonds is 5. The van der Waals surface area contributed by atoms with Gasteiger partial charge in [-0.2, -0.15) is 0 Å². The minimum absolute atomic E-state index is 0.166. The first-order valence-electron chi connectivity index (χ1n) is 6.20. The monoisotopic (exact) mass is 220 g/mol. The number of aromatic nitrogens is 1. The number of nitrogens with zero attached hydrogens (tertiary/aromatic N) is 1. The van der Waals surface area contributed by atoms with Crippen molar-refractivity contribution in [2.75, 3.05) is 0 Å². The molecule has 0 saturated carbocycles. The second-order valence-electron chi connectivity index (χ2n) is 5.11. The molecule has 1 rings (SSSR count). The van der Waals surface area contributed by atoms with Crippen LogP contribution >= 0.6 is 0 Å². The zero-order valence-electron chi connectivity index (χ0n) is 11.0. The standard InChI is InChI=1S/C14H24N2/c1-10(2)6-5-7-14(15)13-8-11(3)16-12(4)9-13/h8-10,14H,5-7,15H2,1-4H3. The van der Waals surface area contributed by atoms with E-state index in [0.717, 1.165) is 23.7 Å². The summed E-state index contributed by atoms with van der Waals surface area (Å²) in [5, 5.41) is 0. The predicted molar refractivity (Wildman–Crippen MR) is 69.3 cm³/mol. The van der Waals surface area contributed by atoms with E-state index in [1.54, 1.807) is 0 Å². The van der Waals surface area contributed by atoms with Gasteiger partial charge in [-0.1, -0.05) is 26.7 Å². The van der Waals surface area contributed by atoms with Gasteiger partial charge in [0.2, 0.25) is 0 Å². The van der Waals surface area contributed by atoms with Crippen LogP contribution in [0.15, 0.2) is 12.1 Å². The number of pyridine rings is 1. The molecule has 1 heterocycles. The van der Waals surface area contributed by atoms with Gasteiger partial charge in [-0.05, 0) is 43.9 Å². The summed E-state index contributed by atoms with van der Waals surface area (Å²) in [7, 11) is 0. The minimum atomic E-state index is 0.166. The van der Waals surface area contributed by atoms with Crippen LogP contribution in [-0.4, -0.2) is 4.98 Å². The average Bonchev–Trinajstić information content (AvgIpc) is 2.15. The van der Waals surface area contributed by atoms with E-state index in [2.05, 4.69) is 31.0 Å². The van der Waals surface area contributed by atoms with Gasteiger partial charge in [0, 0.05) is 17.4 Å². The molecule has 0 amide bonds. The van der Waals surface area contributed by atoms with Crippen molar-refractivity contribution in [3.8, 4) is 0 Å². The highest BCUT2D eigenvalue weighted by molar-refractivity contribution is 5.23. The summed E-state index contributed by atoms with van der Waals surface area (Å²) in [6.45, 7) is 8.56. The summed E-state index contributed by atoms with van der Waals surface area (Å²) in [4.78, 5) is 4.37. The van der Waals surface area contributed by atoms with Crippen molar-refractivity contribution in [1.29, 1.82) is 0 Å². The summed E-state index contributed by atoms with van der Waals surface area (Å²) in [6.07, 6.45) is 3.54.